The van der Waals surface area contributed by atoms with Gasteiger partial charge in [-0.1, -0.05) is 26.0 Å². The van der Waals surface area contributed by atoms with Crippen LogP contribution in [0, 0.1) is 6.92 Å². The van der Waals surface area contributed by atoms with Crippen LogP contribution >= 0.6 is 0 Å². The normalized spacial score (nSPS) is 12.0. The molecule has 1 heterocycles. The Morgan fingerprint density at radius 2 is 1.86 bits per heavy atom. The number of hydrogen-bond donors (Lipinski definition) is 1. The summed E-state index contributed by atoms with van der Waals surface area (Å²) in [6, 6.07) is 10.9. The van der Waals surface area contributed by atoms with Crippen LogP contribution in [0.2, 0.25) is 0 Å². The molecule has 0 unspecified atom stereocenters. The highest BCUT2D eigenvalue weighted by Gasteiger charge is 2.15. The second-order valence-electron chi connectivity index (χ2n) is 6.76. The van der Waals surface area contributed by atoms with Crippen molar-refractivity contribution in [3.05, 3.63) is 47.5 Å². The number of esters is 1. The Hall–Kier alpha value is -3.22. The molecule has 0 bridgehead atoms. The molecule has 0 aromatic heterocycles. The van der Waals surface area contributed by atoms with Crippen LogP contribution in [0.5, 0.6) is 17.2 Å². The fourth-order valence-electron chi connectivity index (χ4n) is 2.74. The quantitative estimate of drug-likeness (QED) is 0.736. The first-order valence-corrected chi connectivity index (χ1v) is 9.01. The van der Waals surface area contributed by atoms with E-state index in [9.17, 15) is 9.59 Å². The summed E-state index contributed by atoms with van der Waals surface area (Å²) < 4.78 is 21.1. The van der Waals surface area contributed by atoms with E-state index in [-0.39, 0.29) is 19.3 Å². The average molecular weight is 385 g/mol. The van der Waals surface area contributed by atoms with E-state index in [1.54, 1.807) is 18.2 Å². The number of anilines is 1. The third-order valence-electron chi connectivity index (χ3n) is 4.16. The van der Waals surface area contributed by atoms with Crippen molar-refractivity contribution in [3.63, 3.8) is 0 Å². The molecule has 148 valence electrons. The Kier molecular flexibility index (Phi) is 6.03. The van der Waals surface area contributed by atoms with Crippen LogP contribution in [0.3, 0.4) is 0 Å². The van der Waals surface area contributed by atoms with Crippen LogP contribution in [0.15, 0.2) is 36.4 Å². The van der Waals surface area contributed by atoms with E-state index >= 15 is 0 Å². The van der Waals surface area contributed by atoms with Crippen molar-refractivity contribution >= 4 is 17.6 Å². The zero-order chi connectivity index (χ0) is 20.1. The maximum atomic E-state index is 12.0. The van der Waals surface area contributed by atoms with Crippen molar-refractivity contribution in [2.45, 2.75) is 26.7 Å². The minimum atomic E-state index is -0.614. The number of rotatable bonds is 7. The number of amides is 1. The summed E-state index contributed by atoms with van der Waals surface area (Å²) >= 11 is 0. The number of carbonyl (C=O) groups is 2. The zero-order valence-corrected chi connectivity index (χ0v) is 16.1. The SMILES string of the molecule is Cc1ccc(C(C)C)c(OCC(=O)OCC(=O)Nc2ccc3c(c2)OCO3)c1. The minimum Gasteiger partial charge on any atom is -0.482 e. The molecule has 0 atom stereocenters. The number of nitrogens with one attached hydrogen (secondary N) is 1. The fourth-order valence-corrected chi connectivity index (χ4v) is 2.74. The summed E-state index contributed by atoms with van der Waals surface area (Å²) in [5.74, 6) is 1.03. The molecule has 0 saturated heterocycles. The first-order chi connectivity index (χ1) is 13.4. The van der Waals surface area contributed by atoms with E-state index < -0.39 is 18.5 Å². The van der Waals surface area contributed by atoms with Crippen molar-refractivity contribution in [2.75, 3.05) is 25.3 Å². The first-order valence-electron chi connectivity index (χ1n) is 9.01. The van der Waals surface area contributed by atoms with E-state index in [4.69, 9.17) is 18.9 Å². The van der Waals surface area contributed by atoms with E-state index in [0.29, 0.717) is 22.9 Å². The van der Waals surface area contributed by atoms with Gasteiger partial charge in [0.05, 0.1) is 0 Å². The largest absolute Gasteiger partial charge is 0.482 e. The smallest absolute Gasteiger partial charge is 0.344 e. The van der Waals surface area contributed by atoms with E-state index in [2.05, 4.69) is 19.2 Å². The Labute approximate surface area is 163 Å². The minimum absolute atomic E-state index is 0.157. The van der Waals surface area contributed by atoms with Gasteiger partial charge < -0.3 is 24.3 Å². The molecular weight excluding hydrogens is 362 g/mol. The van der Waals surface area contributed by atoms with Gasteiger partial charge in [0.25, 0.3) is 5.91 Å². The lowest BCUT2D eigenvalue weighted by atomic mass is 10.0. The maximum absolute atomic E-state index is 12.0. The lowest BCUT2D eigenvalue weighted by Gasteiger charge is -2.14. The van der Waals surface area contributed by atoms with Gasteiger partial charge >= 0.3 is 5.97 Å². The first kappa shape index (κ1) is 19.5. The summed E-state index contributed by atoms with van der Waals surface area (Å²) in [6.07, 6.45) is 0. The predicted molar refractivity (Wildman–Crippen MR) is 103 cm³/mol. The van der Waals surface area contributed by atoms with Crippen molar-refractivity contribution < 1.29 is 28.5 Å². The second-order valence-corrected chi connectivity index (χ2v) is 6.76. The molecule has 1 amide bonds. The highest BCUT2D eigenvalue weighted by molar-refractivity contribution is 5.93. The van der Waals surface area contributed by atoms with Crippen LogP contribution < -0.4 is 19.5 Å². The number of benzene rings is 2. The molecule has 3 rings (SSSR count). The van der Waals surface area contributed by atoms with Crippen LogP contribution in [-0.4, -0.2) is 31.9 Å². The standard InChI is InChI=1S/C21H23NO6/c1-13(2)16-6-4-14(3)8-18(16)25-11-21(24)26-10-20(23)22-15-5-7-17-19(9-15)28-12-27-17/h4-9,13H,10-12H2,1-3H3,(H,22,23). The molecule has 0 spiro atoms. The number of aryl methyl sites for hydroxylation is 1. The van der Waals surface area contributed by atoms with E-state index in [1.165, 1.54) is 0 Å². The molecule has 2 aromatic rings. The fraction of sp³-hybridized carbons (Fsp3) is 0.333. The highest BCUT2D eigenvalue weighted by Crippen LogP contribution is 2.34. The molecule has 7 heteroatoms. The summed E-state index contributed by atoms with van der Waals surface area (Å²) in [5.41, 5.74) is 2.58. The van der Waals surface area contributed by atoms with Gasteiger partial charge in [0.2, 0.25) is 6.79 Å². The van der Waals surface area contributed by atoms with Gasteiger partial charge in [-0.2, -0.15) is 0 Å². The molecule has 0 aliphatic carbocycles. The van der Waals surface area contributed by atoms with Crippen molar-refractivity contribution in [2.24, 2.45) is 0 Å². The molecule has 2 aromatic carbocycles. The molecule has 0 fully saturated rings. The van der Waals surface area contributed by atoms with Gasteiger partial charge in [0.15, 0.2) is 24.7 Å². The number of ether oxygens (including phenoxy) is 4. The Morgan fingerprint density at radius 1 is 1.07 bits per heavy atom. The van der Waals surface area contributed by atoms with Gasteiger partial charge in [-0.3, -0.25) is 4.79 Å². The summed E-state index contributed by atoms with van der Waals surface area (Å²) in [7, 11) is 0. The zero-order valence-electron chi connectivity index (χ0n) is 16.1. The van der Waals surface area contributed by atoms with E-state index in [1.807, 2.05) is 25.1 Å². The van der Waals surface area contributed by atoms with Crippen LogP contribution in [0.25, 0.3) is 0 Å². The third kappa shape index (κ3) is 4.94. The summed E-state index contributed by atoms with van der Waals surface area (Å²) in [6.45, 7) is 5.55. The van der Waals surface area contributed by atoms with Crippen molar-refractivity contribution in [3.8, 4) is 17.2 Å². The van der Waals surface area contributed by atoms with Crippen LogP contribution in [-0.2, 0) is 14.3 Å². The highest BCUT2D eigenvalue weighted by atomic mass is 16.7. The summed E-state index contributed by atoms with van der Waals surface area (Å²) in [4.78, 5) is 23.9. The number of hydrogen-bond acceptors (Lipinski definition) is 6. The molecular formula is C21H23NO6. The van der Waals surface area contributed by atoms with Gasteiger partial charge in [-0.15, -0.1) is 0 Å². The second kappa shape index (κ2) is 8.65. The molecule has 7 nitrogen and oxygen atoms in total. The van der Waals surface area contributed by atoms with Crippen LogP contribution in [0.1, 0.15) is 30.9 Å². The van der Waals surface area contributed by atoms with Crippen molar-refractivity contribution in [1.29, 1.82) is 0 Å². The molecule has 0 radical (unpaired) electrons. The summed E-state index contributed by atoms with van der Waals surface area (Å²) in [5, 5.41) is 2.64. The maximum Gasteiger partial charge on any atom is 0.344 e. The monoisotopic (exact) mass is 385 g/mol. The topological polar surface area (TPSA) is 83.1 Å². The lowest BCUT2D eigenvalue weighted by Crippen LogP contribution is -2.23. The number of carbonyl (C=O) groups excluding carboxylic acids is 2. The molecule has 28 heavy (non-hydrogen) atoms. The van der Waals surface area contributed by atoms with Crippen molar-refractivity contribution in [1.82, 2.24) is 0 Å². The van der Waals surface area contributed by atoms with Gasteiger partial charge in [-0.25, -0.2) is 4.79 Å². The predicted octanol–water partition coefficient (Wildman–Crippen LogP) is 3.41. The number of fused-ring (bicyclic) bond motifs is 1. The molecule has 0 saturated carbocycles. The Morgan fingerprint density at radius 3 is 2.64 bits per heavy atom. The average Bonchev–Trinajstić information content (AvgIpc) is 3.12. The lowest BCUT2D eigenvalue weighted by molar-refractivity contribution is -0.149. The van der Waals surface area contributed by atoms with E-state index in [0.717, 1.165) is 11.1 Å². The van der Waals surface area contributed by atoms with Gasteiger partial charge in [0.1, 0.15) is 5.75 Å². The molecule has 1 aliphatic rings. The Bertz CT molecular complexity index is 877. The molecule has 1 N–H and O–H groups in total. The molecule has 1 aliphatic heterocycles. The third-order valence-corrected chi connectivity index (χ3v) is 4.16. The van der Waals surface area contributed by atoms with Crippen LogP contribution in [0.4, 0.5) is 5.69 Å². The van der Waals surface area contributed by atoms with Gasteiger partial charge in [0, 0.05) is 11.8 Å². The van der Waals surface area contributed by atoms with Gasteiger partial charge in [-0.05, 0) is 42.2 Å². The Balaban J connectivity index is 1.47.